The van der Waals surface area contributed by atoms with Gasteiger partial charge in [0, 0.05) is 50.5 Å². The SMILES string of the molecule is COc1ccc(N2CCN(C(=O)CC3C(=O)NCCN3C(=O)c3ccc(OC)c(OC)c3)CC2)cc1. The molecule has 2 heterocycles. The zero-order valence-corrected chi connectivity index (χ0v) is 20.9. The number of amides is 3. The molecule has 10 nitrogen and oxygen atoms in total. The fraction of sp³-hybridized carbons (Fsp3) is 0.423. The van der Waals surface area contributed by atoms with Crippen LogP contribution in [0.1, 0.15) is 16.8 Å². The first-order chi connectivity index (χ1) is 17.4. The van der Waals surface area contributed by atoms with Crippen molar-refractivity contribution in [3.8, 4) is 17.2 Å². The molecule has 10 heteroatoms. The van der Waals surface area contributed by atoms with E-state index in [1.807, 2.05) is 24.3 Å². The lowest BCUT2D eigenvalue weighted by molar-refractivity contribution is -0.138. The molecule has 1 N–H and O–H groups in total. The van der Waals surface area contributed by atoms with Crippen LogP contribution in [0.25, 0.3) is 0 Å². The molecule has 2 aliphatic rings. The van der Waals surface area contributed by atoms with Crippen molar-refractivity contribution in [3.05, 3.63) is 48.0 Å². The Balaban J connectivity index is 1.41. The molecule has 2 aromatic rings. The zero-order valence-electron chi connectivity index (χ0n) is 20.9. The summed E-state index contributed by atoms with van der Waals surface area (Å²) in [5.74, 6) is 0.938. The van der Waals surface area contributed by atoms with Gasteiger partial charge in [-0.3, -0.25) is 14.4 Å². The minimum absolute atomic E-state index is 0.0621. The van der Waals surface area contributed by atoms with Crippen molar-refractivity contribution in [3.63, 3.8) is 0 Å². The molecule has 3 amide bonds. The molecule has 2 saturated heterocycles. The quantitative estimate of drug-likeness (QED) is 0.618. The first-order valence-electron chi connectivity index (χ1n) is 11.9. The molecule has 2 fully saturated rings. The van der Waals surface area contributed by atoms with Gasteiger partial charge >= 0.3 is 0 Å². The fourth-order valence-corrected chi connectivity index (χ4v) is 4.60. The third-order valence-corrected chi connectivity index (χ3v) is 6.66. The maximum Gasteiger partial charge on any atom is 0.254 e. The zero-order chi connectivity index (χ0) is 25.7. The summed E-state index contributed by atoms with van der Waals surface area (Å²) in [6, 6.07) is 11.8. The highest BCUT2D eigenvalue weighted by molar-refractivity contribution is 6.00. The van der Waals surface area contributed by atoms with Gasteiger partial charge in [-0.25, -0.2) is 0 Å². The van der Waals surface area contributed by atoms with Crippen LogP contribution in [0.2, 0.25) is 0 Å². The van der Waals surface area contributed by atoms with E-state index in [2.05, 4.69) is 10.2 Å². The van der Waals surface area contributed by atoms with Crippen molar-refractivity contribution in [1.82, 2.24) is 15.1 Å². The van der Waals surface area contributed by atoms with Gasteiger partial charge < -0.3 is 34.2 Å². The molecular formula is C26H32N4O6. The molecule has 4 rings (SSSR count). The number of benzene rings is 2. The van der Waals surface area contributed by atoms with Crippen LogP contribution in [0, 0.1) is 0 Å². The Kier molecular flexibility index (Phi) is 7.82. The lowest BCUT2D eigenvalue weighted by Crippen LogP contribution is -2.59. The van der Waals surface area contributed by atoms with Crippen LogP contribution in [-0.4, -0.2) is 94.2 Å². The van der Waals surface area contributed by atoms with Crippen molar-refractivity contribution in [2.75, 3.05) is 65.5 Å². The number of anilines is 1. The van der Waals surface area contributed by atoms with Crippen LogP contribution in [0.15, 0.2) is 42.5 Å². The molecule has 36 heavy (non-hydrogen) atoms. The third-order valence-electron chi connectivity index (χ3n) is 6.66. The number of hydrogen-bond donors (Lipinski definition) is 1. The van der Waals surface area contributed by atoms with E-state index in [-0.39, 0.29) is 24.1 Å². The van der Waals surface area contributed by atoms with Gasteiger partial charge in [-0.15, -0.1) is 0 Å². The maximum atomic E-state index is 13.3. The van der Waals surface area contributed by atoms with Gasteiger partial charge in [-0.05, 0) is 42.5 Å². The highest BCUT2D eigenvalue weighted by atomic mass is 16.5. The summed E-state index contributed by atoms with van der Waals surface area (Å²) < 4.78 is 15.8. The van der Waals surface area contributed by atoms with Gasteiger partial charge in [-0.2, -0.15) is 0 Å². The van der Waals surface area contributed by atoms with E-state index in [1.165, 1.54) is 19.1 Å². The fourth-order valence-electron chi connectivity index (χ4n) is 4.60. The average Bonchev–Trinajstić information content (AvgIpc) is 2.93. The Morgan fingerprint density at radius 2 is 1.58 bits per heavy atom. The number of hydrogen-bond acceptors (Lipinski definition) is 7. The molecule has 192 valence electrons. The normalized spacial score (nSPS) is 17.9. The summed E-state index contributed by atoms with van der Waals surface area (Å²) in [5, 5.41) is 2.79. The number of carbonyl (C=O) groups is 3. The van der Waals surface area contributed by atoms with Crippen molar-refractivity contribution >= 4 is 23.4 Å². The lowest BCUT2D eigenvalue weighted by Gasteiger charge is -2.39. The Hall–Kier alpha value is -3.95. The number of piperazine rings is 2. The van der Waals surface area contributed by atoms with Gasteiger partial charge in [-0.1, -0.05) is 0 Å². The van der Waals surface area contributed by atoms with Crippen LogP contribution in [0.5, 0.6) is 17.2 Å². The smallest absolute Gasteiger partial charge is 0.254 e. The highest BCUT2D eigenvalue weighted by Crippen LogP contribution is 2.29. The molecule has 1 unspecified atom stereocenters. The van der Waals surface area contributed by atoms with E-state index in [9.17, 15) is 14.4 Å². The molecule has 0 spiro atoms. The molecule has 0 bridgehead atoms. The van der Waals surface area contributed by atoms with Crippen LogP contribution in [0.4, 0.5) is 5.69 Å². The summed E-state index contributed by atoms with van der Waals surface area (Å²) in [6.45, 7) is 3.11. The molecular weight excluding hydrogens is 464 g/mol. The molecule has 1 atom stereocenters. The predicted octanol–water partition coefficient (Wildman–Crippen LogP) is 1.39. The van der Waals surface area contributed by atoms with E-state index in [1.54, 1.807) is 30.2 Å². The number of nitrogens with zero attached hydrogens (tertiary/aromatic N) is 3. The molecule has 2 aromatic carbocycles. The van der Waals surface area contributed by atoms with E-state index < -0.39 is 6.04 Å². The van der Waals surface area contributed by atoms with Gasteiger partial charge in [0.05, 0.1) is 27.8 Å². The van der Waals surface area contributed by atoms with E-state index in [4.69, 9.17) is 14.2 Å². The second-order valence-corrected chi connectivity index (χ2v) is 8.65. The Bertz CT molecular complexity index is 1100. The van der Waals surface area contributed by atoms with Crippen molar-refractivity contribution in [2.45, 2.75) is 12.5 Å². The highest BCUT2D eigenvalue weighted by Gasteiger charge is 2.37. The monoisotopic (exact) mass is 496 g/mol. The number of methoxy groups -OCH3 is 3. The summed E-state index contributed by atoms with van der Waals surface area (Å²) in [7, 11) is 4.65. The second kappa shape index (κ2) is 11.2. The first-order valence-corrected chi connectivity index (χ1v) is 11.9. The minimum atomic E-state index is -0.869. The number of carbonyl (C=O) groups excluding carboxylic acids is 3. The van der Waals surface area contributed by atoms with Crippen molar-refractivity contribution < 1.29 is 28.6 Å². The van der Waals surface area contributed by atoms with Gasteiger partial charge in [0.1, 0.15) is 11.8 Å². The Morgan fingerprint density at radius 3 is 2.22 bits per heavy atom. The molecule has 0 radical (unpaired) electrons. The van der Waals surface area contributed by atoms with Gasteiger partial charge in [0.25, 0.3) is 5.91 Å². The third kappa shape index (κ3) is 5.32. The standard InChI is InChI=1S/C26H32N4O6/c1-34-20-7-5-19(6-8-20)28-12-14-29(15-13-28)24(31)17-21-25(32)27-10-11-30(21)26(33)18-4-9-22(35-2)23(16-18)36-3/h4-9,16,21H,10-15,17H2,1-3H3,(H,27,32). The first kappa shape index (κ1) is 25.2. The topological polar surface area (TPSA) is 101 Å². The largest absolute Gasteiger partial charge is 0.497 e. The minimum Gasteiger partial charge on any atom is -0.497 e. The van der Waals surface area contributed by atoms with Crippen molar-refractivity contribution in [1.29, 1.82) is 0 Å². The maximum absolute atomic E-state index is 13.3. The molecule has 0 saturated carbocycles. The van der Waals surface area contributed by atoms with E-state index in [0.717, 1.165) is 11.4 Å². The summed E-state index contributed by atoms with van der Waals surface area (Å²) >= 11 is 0. The molecule has 2 aliphatic heterocycles. The Morgan fingerprint density at radius 1 is 0.889 bits per heavy atom. The number of rotatable bonds is 7. The van der Waals surface area contributed by atoms with Gasteiger partial charge in [0.2, 0.25) is 11.8 Å². The van der Waals surface area contributed by atoms with Crippen LogP contribution < -0.4 is 24.4 Å². The Labute approximate surface area is 210 Å². The van der Waals surface area contributed by atoms with Crippen LogP contribution in [-0.2, 0) is 9.59 Å². The summed E-state index contributed by atoms with van der Waals surface area (Å²) in [4.78, 5) is 44.7. The molecule has 0 aromatic heterocycles. The second-order valence-electron chi connectivity index (χ2n) is 8.65. The van der Waals surface area contributed by atoms with Crippen LogP contribution in [0.3, 0.4) is 0 Å². The van der Waals surface area contributed by atoms with Gasteiger partial charge in [0.15, 0.2) is 11.5 Å². The summed E-state index contributed by atoms with van der Waals surface area (Å²) in [5.41, 5.74) is 1.44. The summed E-state index contributed by atoms with van der Waals surface area (Å²) in [6.07, 6.45) is -0.0621. The van der Waals surface area contributed by atoms with Crippen molar-refractivity contribution in [2.24, 2.45) is 0 Å². The van der Waals surface area contributed by atoms with Crippen LogP contribution >= 0.6 is 0 Å². The van der Waals surface area contributed by atoms with E-state index >= 15 is 0 Å². The predicted molar refractivity (Wildman–Crippen MR) is 134 cm³/mol. The average molecular weight is 497 g/mol. The number of ether oxygens (including phenoxy) is 3. The molecule has 0 aliphatic carbocycles. The number of nitrogens with one attached hydrogen (secondary N) is 1. The van der Waals surface area contributed by atoms with E-state index in [0.29, 0.717) is 56.3 Å². The lowest BCUT2D eigenvalue weighted by atomic mass is 10.0.